The molecule has 24 heavy (non-hydrogen) atoms. The van der Waals surface area contributed by atoms with Crippen molar-refractivity contribution in [3.63, 3.8) is 0 Å². The van der Waals surface area contributed by atoms with Crippen LogP contribution in [0.1, 0.15) is 0 Å². The SMILES string of the molecule is Cn1c(-c2ccccc2Cl)nnc1-c1cc(Cl)cnc1OC(F)F. The van der Waals surface area contributed by atoms with E-state index in [0.717, 1.165) is 0 Å². The van der Waals surface area contributed by atoms with Gasteiger partial charge in [0.2, 0.25) is 5.88 Å². The van der Waals surface area contributed by atoms with E-state index in [1.54, 1.807) is 29.8 Å². The van der Waals surface area contributed by atoms with Gasteiger partial charge in [-0.05, 0) is 18.2 Å². The van der Waals surface area contributed by atoms with Crippen molar-refractivity contribution in [3.8, 4) is 28.7 Å². The number of hydrogen-bond donors (Lipinski definition) is 0. The van der Waals surface area contributed by atoms with E-state index in [0.29, 0.717) is 16.4 Å². The monoisotopic (exact) mass is 370 g/mol. The van der Waals surface area contributed by atoms with Gasteiger partial charge in [-0.2, -0.15) is 8.78 Å². The van der Waals surface area contributed by atoms with E-state index in [2.05, 4.69) is 19.9 Å². The standard InChI is InChI=1S/C15H10Cl2F2N4O/c1-23-12(9-4-2-3-5-11(9)17)21-22-13(23)10-6-8(16)7-20-14(10)24-15(18)19/h2-7,15H,1H3. The quantitative estimate of drug-likeness (QED) is 0.680. The van der Waals surface area contributed by atoms with Gasteiger partial charge in [-0.25, -0.2) is 4.98 Å². The average Bonchev–Trinajstić information content (AvgIpc) is 2.91. The highest BCUT2D eigenvalue weighted by Gasteiger charge is 2.20. The summed E-state index contributed by atoms with van der Waals surface area (Å²) in [6.07, 6.45) is 1.22. The largest absolute Gasteiger partial charge is 0.416 e. The van der Waals surface area contributed by atoms with Crippen molar-refractivity contribution < 1.29 is 13.5 Å². The van der Waals surface area contributed by atoms with Crippen LogP contribution in [0.4, 0.5) is 8.78 Å². The molecule has 0 aliphatic rings. The minimum atomic E-state index is -3.02. The number of ether oxygens (including phenoxy) is 1. The van der Waals surface area contributed by atoms with Crippen LogP contribution in [0.2, 0.25) is 10.0 Å². The Balaban J connectivity index is 2.12. The van der Waals surface area contributed by atoms with E-state index >= 15 is 0 Å². The Kier molecular flexibility index (Phi) is 4.64. The first-order chi connectivity index (χ1) is 11.5. The van der Waals surface area contributed by atoms with Crippen molar-refractivity contribution in [2.24, 2.45) is 7.05 Å². The molecule has 5 nitrogen and oxygen atoms in total. The van der Waals surface area contributed by atoms with Crippen molar-refractivity contribution in [1.29, 1.82) is 0 Å². The fraction of sp³-hybridized carbons (Fsp3) is 0.133. The average molecular weight is 371 g/mol. The second-order valence-corrected chi connectivity index (χ2v) is 5.61. The smallest absolute Gasteiger partial charge is 0.388 e. The van der Waals surface area contributed by atoms with Crippen LogP contribution in [0, 0.1) is 0 Å². The lowest BCUT2D eigenvalue weighted by Gasteiger charge is -2.10. The molecule has 0 amide bonds. The molecule has 1 aromatic carbocycles. The van der Waals surface area contributed by atoms with Crippen LogP contribution in [0.3, 0.4) is 0 Å². The summed E-state index contributed by atoms with van der Waals surface area (Å²) in [7, 11) is 1.68. The molecule has 124 valence electrons. The molecular weight excluding hydrogens is 361 g/mol. The summed E-state index contributed by atoms with van der Waals surface area (Å²) in [5.74, 6) is 0.463. The third-order valence-electron chi connectivity index (χ3n) is 3.25. The predicted molar refractivity (Wildman–Crippen MR) is 86.3 cm³/mol. The zero-order chi connectivity index (χ0) is 17.3. The fourth-order valence-electron chi connectivity index (χ4n) is 2.21. The van der Waals surface area contributed by atoms with Gasteiger partial charge in [-0.1, -0.05) is 35.3 Å². The number of nitrogens with zero attached hydrogens (tertiary/aromatic N) is 4. The van der Waals surface area contributed by atoms with Crippen LogP contribution >= 0.6 is 23.2 Å². The predicted octanol–water partition coefficient (Wildman–Crippen LogP) is 4.45. The molecule has 0 aliphatic carbocycles. The third kappa shape index (κ3) is 3.18. The molecule has 9 heteroatoms. The van der Waals surface area contributed by atoms with Gasteiger partial charge in [0.05, 0.1) is 15.6 Å². The number of pyridine rings is 1. The summed E-state index contributed by atoms with van der Waals surface area (Å²) in [5, 5.41) is 8.88. The van der Waals surface area contributed by atoms with Gasteiger partial charge >= 0.3 is 6.61 Å². The summed E-state index contributed by atoms with van der Waals surface area (Å²) in [5.41, 5.74) is 0.864. The molecule has 0 fully saturated rings. The Morgan fingerprint density at radius 3 is 2.42 bits per heavy atom. The number of rotatable bonds is 4. The van der Waals surface area contributed by atoms with Gasteiger partial charge in [0.1, 0.15) is 0 Å². The second-order valence-electron chi connectivity index (χ2n) is 4.77. The van der Waals surface area contributed by atoms with Crippen LogP contribution < -0.4 is 4.74 Å². The minimum Gasteiger partial charge on any atom is -0.416 e. The van der Waals surface area contributed by atoms with Gasteiger partial charge in [0.15, 0.2) is 11.6 Å². The van der Waals surface area contributed by atoms with Crippen LogP contribution in [0.25, 0.3) is 22.8 Å². The van der Waals surface area contributed by atoms with E-state index in [4.69, 9.17) is 23.2 Å². The van der Waals surface area contributed by atoms with E-state index in [9.17, 15) is 8.78 Å². The first-order valence-corrected chi connectivity index (χ1v) is 7.48. The maximum absolute atomic E-state index is 12.6. The highest BCUT2D eigenvalue weighted by Crippen LogP contribution is 2.33. The van der Waals surface area contributed by atoms with Crippen LogP contribution in [-0.2, 0) is 7.05 Å². The number of hydrogen-bond acceptors (Lipinski definition) is 4. The highest BCUT2D eigenvalue weighted by molar-refractivity contribution is 6.33. The second kappa shape index (κ2) is 6.70. The van der Waals surface area contributed by atoms with Gasteiger partial charge in [-0.3, -0.25) is 0 Å². The third-order valence-corrected chi connectivity index (χ3v) is 3.79. The summed E-state index contributed by atoms with van der Waals surface area (Å²) in [6, 6.07) is 8.54. The zero-order valence-electron chi connectivity index (χ0n) is 12.3. The molecule has 2 heterocycles. The van der Waals surface area contributed by atoms with Gasteiger partial charge in [0.25, 0.3) is 0 Å². The summed E-state index contributed by atoms with van der Waals surface area (Å²) in [6.45, 7) is -3.02. The normalized spacial score (nSPS) is 11.1. The Morgan fingerprint density at radius 1 is 1.08 bits per heavy atom. The lowest BCUT2D eigenvalue weighted by Crippen LogP contribution is -2.06. The summed E-state index contributed by atoms with van der Waals surface area (Å²) in [4.78, 5) is 3.79. The number of halogens is 4. The fourth-order valence-corrected chi connectivity index (χ4v) is 2.58. The molecule has 0 aliphatic heterocycles. The maximum Gasteiger partial charge on any atom is 0.388 e. The molecule has 0 saturated carbocycles. The highest BCUT2D eigenvalue weighted by atomic mass is 35.5. The molecular formula is C15H10Cl2F2N4O. The van der Waals surface area contributed by atoms with Gasteiger partial charge in [-0.15, -0.1) is 10.2 Å². The van der Waals surface area contributed by atoms with E-state index < -0.39 is 6.61 Å². The first-order valence-electron chi connectivity index (χ1n) is 6.72. The molecule has 0 bridgehead atoms. The maximum atomic E-state index is 12.6. The topological polar surface area (TPSA) is 52.8 Å². The lowest BCUT2D eigenvalue weighted by molar-refractivity contribution is -0.0524. The molecule has 0 N–H and O–H groups in total. The molecule has 3 rings (SSSR count). The Hall–Kier alpha value is -2.25. The zero-order valence-corrected chi connectivity index (χ0v) is 13.8. The Labute approximate surface area is 145 Å². The molecule has 0 atom stereocenters. The van der Waals surface area contributed by atoms with E-state index in [-0.39, 0.29) is 22.3 Å². The molecule has 0 spiro atoms. The molecule has 0 radical (unpaired) electrons. The number of aromatic nitrogens is 4. The number of alkyl halides is 2. The molecule has 3 aromatic rings. The van der Waals surface area contributed by atoms with Gasteiger partial charge in [0, 0.05) is 18.8 Å². The number of benzene rings is 1. The van der Waals surface area contributed by atoms with E-state index in [1.807, 2.05) is 6.07 Å². The minimum absolute atomic E-state index is 0.205. The van der Waals surface area contributed by atoms with Gasteiger partial charge < -0.3 is 9.30 Å². The van der Waals surface area contributed by atoms with Crippen molar-refractivity contribution >= 4 is 23.2 Å². The first kappa shape index (κ1) is 16.6. The Morgan fingerprint density at radius 2 is 1.75 bits per heavy atom. The Bertz CT molecular complexity index is 886. The van der Waals surface area contributed by atoms with Crippen molar-refractivity contribution in [1.82, 2.24) is 19.7 Å². The van der Waals surface area contributed by atoms with Crippen molar-refractivity contribution in [3.05, 3.63) is 46.6 Å². The van der Waals surface area contributed by atoms with Crippen molar-refractivity contribution in [2.75, 3.05) is 0 Å². The molecule has 0 saturated heterocycles. The lowest BCUT2D eigenvalue weighted by atomic mass is 10.2. The summed E-state index contributed by atoms with van der Waals surface area (Å²) >= 11 is 12.1. The molecule has 0 unspecified atom stereocenters. The summed E-state index contributed by atoms with van der Waals surface area (Å²) < 4.78 is 31.2. The van der Waals surface area contributed by atoms with Crippen LogP contribution in [-0.4, -0.2) is 26.4 Å². The van der Waals surface area contributed by atoms with Crippen LogP contribution in [0.5, 0.6) is 5.88 Å². The van der Waals surface area contributed by atoms with Crippen LogP contribution in [0.15, 0.2) is 36.5 Å². The van der Waals surface area contributed by atoms with E-state index in [1.165, 1.54) is 12.3 Å². The molecule has 2 aromatic heterocycles. The van der Waals surface area contributed by atoms with Crippen molar-refractivity contribution in [2.45, 2.75) is 6.61 Å².